The molecule has 5 heteroatoms. The number of rotatable bonds is 3. The maximum Gasteiger partial charge on any atom is 0.302 e. The highest BCUT2D eigenvalue weighted by Gasteiger charge is 2.81. The molecule has 5 fully saturated rings. The van der Waals surface area contributed by atoms with Gasteiger partial charge in [-0.3, -0.25) is 9.59 Å². The molecule has 4 saturated carbocycles. The van der Waals surface area contributed by atoms with E-state index in [-0.39, 0.29) is 39.9 Å². The van der Waals surface area contributed by atoms with Crippen molar-refractivity contribution in [2.75, 3.05) is 6.61 Å². The van der Waals surface area contributed by atoms with Crippen LogP contribution in [0.1, 0.15) is 79.6 Å². The average Bonchev–Trinajstić information content (AvgIpc) is 3.29. The van der Waals surface area contributed by atoms with Crippen LogP contribution in [0.25, 0.3) is 0 Å². The molecule has 1 spiro atoms. The van der Waals surface area contributed by atoms with Gasteiger partial charge >= 0.3 is 11.9 Å². The average molecular weight is 405 g/mol. The zero-order chi connectivity index (χ0) is 20.8. The zero-order valence-corrected chi connectivity index (χ0v) is 18.6. The number of carbonyl (C=O) groups excluding carboxylic acids is 2. The van der Waals surface area contributed by atoms with Crippen molar-refractivity contribution in [1.29, 1.82) is 0 Å². The van der Waals surface area contributed by atoms with Crippen molar-refractivity contribution in [2.45, 2.75) is 97.4 Å². The number of epoxide rings is 1. The third kappa shape index (κ3) is 2.55. The van der Waals surface area contributed by atoms with Crippen LogP contribution in [-0.4, -0.2) is 36.4 Å². The lowest BCUT2D eigenvalue weighted by atomic mass is 9.40. The summed E-state index contributed by atoms with van der Waals surface area (Å²) in [6, 6.07) is 0. The second-order valence-electron chi connectivity index (χ2n) is 11.6. The molecule has 162 valence electrons. The van der Waals surface area contributed by atoms with Crippen LogP contribution in [0.5, 0.6) is 0 Å². The number of fused-ring (bicyclic) bond motifs is 5. The minimum atomic E-state index is -0.193. The van der Waals surface area contributed by atoms with Gasteiger partial charge in [-0.1, -0.05) is 20.3 Å². The Kier molecular flexibility index (Phi) is 4.10. The summed E-state index contributed by atoms with van der Waals surface area (Å²) in [5.74, 6) is 0.959. The van der Waals surface area contributed by atoms with Crippen molar-refractivity contribution in [2.24, 2.45) is 34.0 Å². The summed E-state index contributed by atoms with van der Waals surface area (Å²) in [5.41, 5.74) is 0.201. The third-order valence-electron chi connectivity index (χ3n) is 9.93. The van der Waals surface area contributed by atoms with Gasteiger partial charge in [-0.15, -0.1) is 0 Å². The molecular formula is C24H36O5. The van der Waals surface area contributed by atoms with E-state index in [2.05, 4.69) is 20.8 Å². The van der Waals surface area contributed by atoms with Crippen LogP contribution >= 0.6 is 0 Å². The van der Waals surface area contributed by atoms with Crippen LogP contribution in [0.4, 0.5) is 0 Å². The minimum absolute atomic E-state index is 0.00788. The lowest BCUT2D eigenvalue weighted by molar-refractivity contribution is -0.220. The first kappa shape index (κ1) is 19.8. The number of hydrogen-bond donors (Lipinski definition) is 0. The Bertz CT molecular complexity index is 750. The van der Waals surface area contributed by atoms with Gasteiger partial charge in [-0.2, -0.15) is 0 Å². The molecule has 1 aliphatic heterocycles. The molecule has 4 aliphatic carbocycles. The number of ether oxygens (including phenoxy) is 3. The standard InChI is InChI=1S/C24H36O5/c1-14(25)27-13-21(3)8-6-9-22(4)18(21)7-10-24-12-16(23(5)20(24)29-23)11-17(19(22)24)28-15(2)26/h16-20H,6-13H2,1-5H3/t16-,17+,18-,19+,20?,21-,22-,23?,24-/m1/s1. The second kappa shape index (κ2) is 5.99. The van der Waals surface area contributed by atoms with E-state index in [0.717, 1.165) is 38.5 Å². The summed E-state index contributed by atoms with van der Waals surface area (Å²) in [6.45, 7) is 10.6. The van der Waals surface area contributed by atoms with Crippen LogP contribution in [0.15, 0.2) is 0 Å². The van der Waals surface area contributed by atoms with Crippen LogP contribution in [-0.2, 0) is 23.8 Å². The SMILES string of the molecule is CC(=O)OC[C@@]1(C)CCC[C@]2(C)[C@@H]1CC[C@@]13C[C@@H](C[C@H](OC(C)=O)[C@H]12)C1(C)OC13. The van der Waals surface area contributed by atoms with Gasteiger partial charge < -0.3 is 14.2 Å². The fourth-order valence-corrected chi connectivity index (χ4v) is 9.10. The molecule has 0 N–H and O–H groups in total. The fourth-order valence-electron chi connectivity index (χ4n) is 9.10. The summed E-state index contributed by atoms with van der Waals surface area (Å²) < 4.78 is 18.0. The van der Waals surface area contributed by atoms with Crippen molar-refractivity contribution in [3.63, 3.8) is 0 Å². The highest BCUT2D eigenvalue weighted by molar-refractivity contribution is 5.66. The molecule has 0 aromatic rings. The van der Waals surface area contributed by atoms with Gasteiger partial charge in [-0.25, -0.2) is 0 Å². The largest absolute Gasteiger partial charge is 0.465 e. The summed E-state index contributed by atoms with van der Waals surface area (Å²) in [4.78, 5) is 23.6. The molecular weight excluding hydrogens is 368 g/mol. The number of carbonyl (C=O) groups is 2. The van der Waals surface area contributed by atoms with E-state index in [1.807, 2.05) is 0 Å². The Morgan fingerprint density at radius 2 is 1.83 bits per heavy atom. The molecule has 0 aromatic heterocycles. The zero-order valence-electron chi connectivity index (χ0n) is 18.6. The first-order valence-corrected chi connectivity index (χ1v) is 11.5. The van der Waals surface area contributed by atoms with Crippen molar-refractivity contribution in [1.82, 2.24) is 0 Å². The summed E-state index contributed by atoms with van der Waals surface area (Å²) in [6.07, 6.45) is 8.15. The molecule has 0 aromatic carbocycles. The Morgan fingerprint density at radius 3 is 2.52 bits per heavy atom. The van der Waals surface area contributed by atoms with E-state index in [1.54, 1.807) is 6.92 Å². The molecule has 5 rings (SSSR count). The first-order chi connectivity index (χ1) is 13.6. The van der Waals surface area contributed by atoms with Crippen LogP contribution in [0.3, 0.4) is 0 Å². The lowest BCUT2D eigenvalue weighted by Gasteiger charge is -2.65. The first-order valence-electron chi connectivity index (χ1n) is 11.5. The van der Waals surface area contributed by atoms with Gasteiger partial charge in [0.25, 0.3) is 0 Å². The van der Waals surface area contributed by atoms with E-state index in [9.17, 15) is 9.59 Å². The third-order valence-corrected chi connectivity index (χ3v) is 9.93. The van der Waals surface area contributed by atoms with Crippen LogP contribution < -0.4 is 0 Å². The minimum Gasteiger partial charge on any atom is -0.465 e. The lowest BCUT2D eigenvalue weighted by Crippen LogP contribution is -2.63. The van der Waals surface area contributed by atoms with E-state index < -0.39 is 0 Å². The highest BCUT2D eigenvalue weighted by Crippen LogP contribution is 2.78. The van der Waals surface area contributed by atoms with E-state index in [4.69, 9.17) is 14.2 Å². The van der Waals surface area contributed by atoms with Crippen molar-refractivity contribution < 1.29 is 23.8 Å². The quantitative estimate of drug-likeness (QED) is 0.519. The van der Waals surface area contributed by atoms with E-state index in [0.29, 0.717) is 30.5 Å². The molecule has 2 unspecified atom stereocenters. The smallest absolute Gasteiger partial charge is 0.302 e. The molecule has 1 saturated heterocycles. The second-order valence-corrected chi connectivity index (χ2v) is 11.6. The summed E-state index contributed by atoms with van der Waals surface area (Å²) >= 11 is 0. The van der Waals surface area contributed by atoms with Crippen molar-refractivity contribution in [3.05, 3.63) is 0 Å². The fraction of sp³-hybridized carbons (Fsp3) is 0.917. The van der Waals surface area contributed by atoms with E-state index >= 15 is 0 Å². The predicted molar refractivity (Wildman–Crippen MR) is 107 cm³/mol. The topological polar surface area (TPSA) is 65.1 Å². The van der Waals surface area contributed by atoms with Gasteiger partial charge in [-0.05, 0) is 62.7 Å². The van der Waals surface area contributed by atoms with Gasteiger partial charge in [0, 0.05) is 30.6 Å². The summed E-state index contributed by atoms with van der Waals surface area (Å²) in [5, 5.41) is 0. The number of hydrogen-bond acceptors (Lipinski definition) is 5. The predicted octanol–water partition coefficient (Wildman–Crippen LogP) is 4.27. The molecule has 5 aliphatic rings. The van der Waals surface area contributed by atoms with Crippen LogP contribution in [0.2, 0.25) is 0 Å². The van der Waals surface area contributed by atoms with Gasteiger partial charge in [0.2, 0.25) is 0 Å². The maximum absolute atomic E-state index is 12.0. The Hall–Kier alpha value is -1.10. The monoisotopic (exact) mass is 404 g/mol. The van der Waals surface area contributed by atoms with Crippen molar-refractivity contribution >= 4 is 11.9 Å². The maximum atomic E-state index is 12.0. The Balaban J connectivity index is 1.54. The van der Waals surface area contributed by atoms with Crippen molar-refractivity contribution in [3.8, 4) is 0 Å². The molecule has 2 bridgehead atoms. The number of esters is 2. The molecule has 0 radical (unpaired) electrons. The van der Waals surface area contributed by atoms with Gasteiger partial charge in [0.05, 0.1) is 18.3 Å². The molecule has 9 atom stereocenters. The molecule has 1 heterocycles. The van der Waals surface area contributed by atoms with Gasteiger partial charge in [0.15, 0.2) is 0 Å². The Morgan fingerprint density at radius 1 is 1.07 bits per heavy atom. The molecule has 0 amide bonds. The Labute approximate surface area is 174 Å². The van der Waals surface area contributed by atoms with Crippen LogP contribution in [0, 0.1) is 34.0 Å². The van der Waals surface area contributed by atoms with Gasteiger partial charge in [0.1, 0.15) is 6.10 Å². The highest BCUT2D eigenvalue weighted by atomic mass is 16.6. The summed E-state index contributed by atoms with van der Waals surface area (Å²) in [7, 11) is 0. The molecule has 29 heavy (non-hydrogen) atoms. The molecule has 5 nitrogen and oxygen atoms in total. The normalized spacial score (nSPS) is 54.6. The van der Waals surface area contributed by atoms with E-state index in [1.165, 1.54) is 13.3 Å².